The van der Waals surface area contributed by atoms with Gasteiger partial charge in [0.25, 0.3) is 5.91 Å². The predicted molar refractivity (Wildman–Crippen MR) is 137 cm³/mol. The highest BCUT2D eigenvalue weighted by Gasteiger charge is 2.23. The molecule has 170 valence electrons. The third kappa shape index (κ3) is 5.61. The molecule has 1 amide bonds. The van der Waals surface area contributed by atoms with Gasteiger partial charge in [0.1, 0.15) is 0 Å². The molecule has 1 N–H and O–H groups in total. The first-order chi connectivity index (χ1) is 16.0. The lowest BCUT2D eigenvalue weighted by atomic mass is 10.1. The van der Waals surface area contributed by atoms with E-state index in [0.29, 0.717) is 11.5 Å². The Balaban J connectivity index is 1.56. The number of carbonyl (C=O) groups excluding carboxylic acids is 1. The van der Waals surface area contributed by atoms with Crippen LogP contribution in [0.25, 0.3) is 0 Å². The van der Waals surface area contributed by atoms with E-state index < -0.39 is 0 Å². The van der Waals surface area contributed by atoms with Crippen molar-refractivity contribution in [3.63, 3.8) is 0 Å². The van der Waals surface area contributed by atoms with E-state index in [0.717, 1.165) is 38.3 Å². The summed E-state index contributed by atoms with van der Waals surface area (Å²) in [5.41, 5.74) is 6.56. The maximum atomic E-state index is 12.9. The van der Waals surface area contributed by atoms with Crippen LogP contribution in [-0.4, -0.2) is 42.9 Å². The zero-order chi connectivity index (χ0) is 23.2. The van der Waals surface area contributed by atoms with Gasteiger partial charge in [-0.3, -0.25) is 10.1 Å². The molecule has 0 unspecified atom stereocenters. The molecule has 1 fully saturated rings. The van der Waals surface area contributed by atoms with Crippen LogP contribution in [-0.2, 0) is 6.42 Å². The fourth-order valence-electron chi connectivity index (χ4n) is 4.13. The zero-order valence-corrected chi connectivity index (χ0v) is 19.7. The predicted octanol–water partition coefficient (Wildman–Crippen LogP) is 5.11. The molecule has 0 aromatic heterocycles. The standard InChI is InChI=1S/C28H32N4O/c1-4-23-9-8-12-25(20-23)29-28(30-27(33)24-10-6-5-7-11-24)32-17-15-31(16-18-32)26-19-21(2)13-14-22(26)3/h5-14,19-20H,4,15-18H2,1-3H3,(H,29,30,33). The van der Waals surface area contributed by atoms with Crippen LogP contribution >= 0.6 is 0 Å². The molecule has 0 atom stereocenters. The molecule has 0 saturated carbocycles. The second kappa shape index (κ2) is 10.3. The lowest BCUT2D eigenvalue weighted by Crippen LogP contribution is -2.53. The van der Waals surface area contributed by atoms with Gasteiger partial charge in [-0.2, -0.15) is 0 Å². The van der Waals surface area contributed by atoms with Crippen molar-refractivity contribution in [3.05, 3.63) is 95.1 Å². The van der Waals surface area contributed by atoms with Crippen LogP contribution in [0.1, 0.15) is 34.0 Å². The van der Waals surface area contributed by atoms with Crippen LogP contribution in [0.3, 0.4) is 0 Å². The number of aliphatic imine (C=N–C) groups is 1. The second-order valence-corrected chi connectivity index (χ2v) is 8.54. The lowest BCUT2D eigenvalue weighted by Gasteiger charge is -2.38. The Labute approximate surface area is 196 Å². The maximum absolute atomic E-state index is 12.9. The minimum atomic E-state index is -0.141. The number of piperazine rings is 1. The fourth-order valence-corrected chi connectivity index (χ4v) is 4.13. The summed E-state index contributed by atoms with van der Waals surface area (Å²) in [6, 6.07) is 24.1. The molecule has 1 saturated heterocycles. The highest BCUT2D eigenvalue weighted by molar-refractivity contribution is 6.06. The quantitative estimate of drug-likeness (QED) is 0.453. The smallest absolute Gasteiger partial charge is 0.257 e. The molecular formula is C28H32N4O. The van der Waals surface area contributed by atoms with Crippen LogP contribution in [0.15, 0.2) is 77.8 Å². The van der Waals surface area contributed by atoms with Gasteiger partial charge < -0.3 is 9.80 Å². The van der Waals surface area contributed by atoms with E-state index in [2.05, 4.69) is 66.2 Å². The van der Waals surface area contributed by atoms with Crippen molar-refractivity contribution in [2.75, 3.05) is 31.1 Å². The monoisotopic (exact) mass is 440 g/mol. The average Bonchev–Trinajstić information content (AvgIpc) is 2.86. The number of anilines is 1. The number of amides is 1. The third-order valence-electron chi connectivity index (χ3n) is 6.10. The summed E-state index contributed by atoms with van der Waals surface area (Å²) in [5.74, 6) is 0.468. The van der Waals surface area contributed by atoms with E-state index in [4.69, 9.17) is 4.99 Å². The van der Waals surface area contributed by atoms with Gasteiger partial charge in [0.15, 0.2) is 0 Å². The molecule has 5 heteroatoms. The van der Waals surface area contributed by atoms with E-state index in [1.54, 1.807) is 0 Å². The van der Waals surface area contributed by atoms with Gasteiger partial charge in [0.2, 0.25) is 5.96 Å². The summed E-state index contributed by atoms with van der Waals surface area (Å²) >= 11 is 0. The highest BCUT2D eigenvalue weighted by atomic mass is 16.1. The zero-order valence-electron chi connectivity index (χ0n) is 19.7. The van der Waals surface area contributed by atoms with Crippen LogP contribution in [0, 0.1) is 13.8 Å². The summed E-state index contributed by atoms with van der Waals surface area (Å²) in [7, 11) is 0. The normalized spacial score (nSPS) is 14.3. The van der Waals surface area contributed by atoms with Gasteiger partial charge in [-0.05, 0) is 67.3 Å². The number of aryl methyl sites for hydroxylation is 3. The summed E-state index contributed by atoms with van der Waals surface area (Å²) < 4.78 is 0. The number of hydrogen-bond donors (Lipinski definition) is 1. The first kappa shape index (κ1) is 22.6. The Hall–Kier alpha value is -3.60. The van der Waals surface area contributed by atoms with E-state index >= 15 is 0 Å². The maximum Gasteiger partial charge on any atom is 0.257 e. The minimum absolute atomic E-state index is 0.141. The van der Waals surface area contributed by atoms with Crippen molar-refractivity contribution in [1.29, 1.82) is 0 Å². The Morgan fingerprint density at radius 2 is 1.67 bits per heavy atom. The van der Waals surface area contributed by atoms with E-state index in [9.17, 15) is 4.79 Å². The van der Waals surface area contributed by atoms with Gasteiger partial charge in [-0.25, -0.2) is 4.99 Å². The van der Waals surface area contributed by atoms with E-state index in [1.807, 2.05) is 42.5 Å². The third-order valence-corrected chi connectivity index (χ3v) is 6.10. The van der Waals surface area contributed by atoms with Gasteiger partial charge in [0, 0.05) is 37.4 Å². The second-order valence-electron chi connectivity index (χ2n) is 8.54. The molecule has 4 rings (SSSR count). The minimum Gasteiger partial charge on any atom is -0.368 e. The summed E-state index contributed by atoms with van der Waals surface area (Å²) in [6.45, 7) is 9.75. The van der Waals surface area contributed by atoms with Crippen molar-refractivity contribution in [1.82, 2.24) is 10.2 Å². The molecular weight excluding hydrogens is 408 g/mol. The Morgan fingerprint density at radius 1 is 0.909 bits per heavy atom. The van der Waals surface area contributed by atoms with Gasteiger partial charge in [-0.1, -0.05) is 49.4 Å². The summed E-state index contributed by atoms with van der Waals surface area (Å²) in [4.78, 5) is 22.4. The molecule has 0 aliphatic carbocycles. The van der Waals surface area contributed by atoms with Crippen molar-refractivity contribution in [2.24, 2.45) is 4.99 Å². The van der Waals surface area contributed by atoms with Crippen LogP contribution in [0.2, 0.25) is 0 Å². The van der Waals surface area contributed by atoms with Crippen molar-refractivity contribution >= 4 is 23.2 Å². The molecule has 0 spiro atoms. The largest absolute Gasteiger partial charge is 0.368 e. The molecule has 3 aromatic carbocycles. The Bertz CT molecular complexity index is 1130. The average molecular weight is 441 g/mol. The molecule has 3 aromatic rings. The highest BCUT2D eigenvalue weighted by Crippen LogP contribution is 2.23. The molecule has 1 aliphatic rings. The molecule has 1 heterocycles. The molecule has 0 bridgehead atoms. The van der Waals surface area contributed by atoms with Crippen LogP contribution in [0.4, 0.5) is 11.4 Å². The summed E-state index contributed by atoms with van der Waals surface area (Å²) in [5, 5.41) is 3.08. The molecule has 33 heavy (non-hydrogen) atoms. The number of hydrogen-bond acceptors (Lipinski definition) is 3. The van der Waals surface area contributed by atoms with Crippen molar-refractivity contribution in [3.8, 4) is 0 Å². The number of nitrogens with one attached hydrogen (secondary N) is 1. The van der Waals surface area contributed by atoms with Gasteiger partial charge >= 0.3 is 0 Å². The number of guanidine groups is 1. The van der Waals surface area contributed by atoms with Crippen molar-refractivity contribution < 1.29 is 4.79 Å². The topological polar surface area (TPSA) is 47.9 Å². The molecule has 0 radical (unpaired) electrons. The fraction of sp³-hybridized carbons (Fsp3) is 0.286. The van der Waals surface area contributed by atoms with Crippen LogP contribution in [0.5, 0.6) is 0 Å². The Kier molecular flexibility index (Phi) is 7.08. The number of rotatable bonds is 4. The summed E-state index contributed by atoms with van der Waals surface area (Å²) in [6.07, 6.45) is 0.948. The molecule has 5 nitrogen and oxygen atoms in total. The molecule has 1 aliphatic heterocycles. The Morgan fingerprint density at radius 3 is 2.39 bits per heavy atom. The van der Waals surface area contributed by atoms with Gasteiger partial charge in [-0.15, -0.1) is 0 Å². The number of nitrogens with zero attached hydrogens (tertiary/aromatic N) is 3. The SMILES string of the molecule is CCc1cccc(N=C(NC(=O)c2ccccc2)N2CCN(c3cc(C)ccc3C)CC2)c1. The van der Waals surface area contributed by atoms with Crippen LogP contribution < -0.4 is 10.2 Å². The first-order valence-corrected chi connectivity index (χ1v) is 11.6. The number of benzene rings is 3. The van der Waals surface area contributed by atoms with E-state index in [-0.39, 0.29) is 5.91 Å². The number of carbonyl (C=O) groups is 1. The first-order valence-electron chi connectivity index (χ1n) is 11.6. The van der Waals surface area contributed by atoms with Gasteiger partial charge in [0.05, 0.1) is 5.69 Å². The van der Waals surface area contributed by atoms with E-state index in [1.165, 1.54) is 22.4 Å². The van der Waals surface area contributed by atoms with Crippen molar-refractivity contribution in [2.45, 2.75) is 27.2 Å². The lowest BCUT2D eigenvalue weighted by molar-refractivity contribution is 0.0972.